The number of likely N-dealkylation sites (tertiary alicyclic amines) is 1. The Morgan fingerprint density at radius 2 is 1.95 bits per heavy atom. The number of likely N-dealkylation sites (N-methyl/N-ethyl adjacent to an activating group) is 1. The van der Waals surface area contributed by atoms with E-state index < -0.39 is 11.0 Å². The third kappa shape index (κ3) is 3.59. The number of hydrogen-bond donors (Lipinski definition) is 0. The van der Waals surface area contributed by atoms with Gasteiger partial charge in [-0.3, -0.25) is 14.5 Å². The van der Waals surface area contributed by atoms with Crippen molar-refractivity contribution in [3.8, 4) is 17.6 Å². The highest BCUT2D eigenvalue weighted by Crippen LogP contribution is 2.65. The highest BCUT2D eigenvalue weighted by atomic mass is 16.6. The van der Waals surface area contributed by atoms with Gasteiger partial charge < -0.3 is 14.4 Å². The molecule has 1 amide bonds. The molecule has 1 spiro atoms. The summed E-state index contributed by atoms with van der Waals surface area (Å²) in [5, 5.41) is 0. The Morgan fingerprint density at radius 1 is 1.16 bits per heavy atom. The summed E-state index contributed by atoms with van der Waals surface area (Å²) in [5.41, 5.74) is 2.12. The monoisotopic (exact) mass is 512 g/mol. The van der Waals surface area contributed by atoms with Gasteiger partial charge in [-0.2, -0.15) is 0 Å². The van der Waals surface area contributed by atoms with Crippen molar-refractivity contribution in [1.29, 1.82) is 0 Å². The quantitative estimate of drug-likeness (QED) is 0.459. The molecule has 2 heterocycles. The molecule has 0 N–H and O–H groups in total. The summed E-state index contributed by atoms with van der Waals surface area (Å²) in [6.07, 6.45) is 2.72. The third-order valence-corrected chi connectivity index (χ3v) is 9.19. The number of piperidine rings is 1. The fourth-order valence-corrected chi connectivity index (χ4v) is 7.93. The summed E-state index contributed by atoms with van der Waals surface area (Å²) in [4.78, 5) is 30.7. The van der Waals surface area contributed by atoms with E-state index in [0.29, 0.717) is 19.4 Å². The zero-order chi connectivity index (χ0) is 26.7. The first-order valence-corrected chi connectivity index (χ1v) is 13.8. The van der Waals surface area contributed by atoms with Gasteiger partial charge in [0.1, 0.15) is 17.5 Å². The molecule has 2 aliphatic heterocycles. The van der Waals surface area contributed by atoms with Crippen molar-refractivity contribution >= 4 is 11.9 Å². The molecule has 2 fully saturated rings. The average Bonchev–Trinajstić information content (AvgIpc) is 3.23. The van der Waals surface area contributed by atoms with E-state index in [0.717, 1.165) is 30.7 Å². The molecule has 2 bridgehead atoms. The Morgan fingerprint density at radius 3 is 2.68 bits per heavy atom. The molecular weight excluding hydrogens is 476 g/mol. The Hall–Kier alpha value is -3.30. The van der Waals surface area contributed by atoms with Gasteiger partial charge in [0.25, 0.3) is 5.91 Å². The first-order valence-electron chi connectivity index (χ1n) is 13.8. The molecule has 2 aromatic carbocycles. The van der Waals surface area contributed by atoms with Crippen molar-refractivity contribution in [1.82, 2.24) is 9.80 Å². The lowest BCUT2D eigenvalue weighted by molar-refractivity contribution is -0.221. The average molecular weight is 513 g/mol. The summed E-state index contributed by atoms with van der Waals surface area (Å²) in [6.45, 7) is 7.26. The van der Waals surface area contributed by atoms with Crippen LogP contribution in [0.15, 0.2) is 48.5 Å². The number of nitrogens with zero attached hydrogens (tertiary/aromatic N) is 2. The lowest BCUT2D eigenvalue weighted by atomic mass is 9.48. The van der Waals surface area contributed by atoms with Crippen LogP contribution in [0.3, 0.4) is 0 Å². The minimum Gasteiger partial charge on any atom is -0.487 e. The Bertz CT molecular complexity index is 1330. The van der Waals surface area contributed by atoms with Gasteiger partial charge in [0.2, 0.25) is 0 Å². The lowest BCUT2D eigenvalue weighted by Crippen LogP contribution is -2.79. The minimum absolute atomic E-state index is 0.0696. The number of ether oxygens (including phenoxy) is 2. The summed E-state index contributed by atoms with van der Waals surface area (Å²) >= 11 is 0. The molecule has 0 aromatic heterocycles. The maximum absolute atomic E-state index is 13.8. The Labute approximate surface area is 225 Å². The van der Waals surface area contributed by atoms with Gasteiger partial charge in [0.05, 0.1) is 17.5 Å². The van der Waals surface area contributed by atoms with Gasteiger partial charge in [0, 0.05) is 30.5 Å². The van der Waals surface area contributed by atoms with Crippen LogP contribution in [0, 0.1) is 17.8 Å². The van der Waals surface area contributed by atoms with E-state index in [1.807, 2.05) is 41.3 Å². The molecule has 1 saturated carbocycles. The van der Waals surface area contributed by atoms with Crippen LogP contribution in [-0.2, 0) is 26.2 Å². The molecule has 198 valence electrons. The number of benzene rings is 2. The van der Waals surface area contributed by atoms with E-state index in [1.165, 1.54) is 18.1 Å². The van der Waals surface area contributed by atoms with Crippen LogP contribution in [0.5, 0.6) is 5.75 Å². The van der Waals surface area contributed by atoms with Gasteiger partial charge in [-0.25, -0.2) is 0 Å². The first kappa shape index (κ1) is 25.0. The molecular formula is C32H36N2O4. The topological polar surface area (TPSA) is 59.1 Å². The number of hydrogen-bond acceptors (Lipinski definition) is 5. The number of carbonyl (C=O) groups is 2. The van der Waals surface area contributed by atoms with Crippen LogP contribution in [0.4, 0.5) is 0 Å². The van der Waals surface area contributed by atoms with Crippen LogP contribution in [0.1, 0.15) is 56.7 Å². The van der Waals surface area contributed by atoms with Crippen molar-refractivity contribution < 1.29 is 19.1 Å². The Balaban J connectivity index is 1.46. The van der Waals surface area contributed by atoms with Crippen molar-refractivity contribution in [3.63, 3.8) is 0 Å². The molecule has 6 rings (SSSR count). The smallest absolute Gasteiger partial charge is 0.303 e. The fraction of sp³-hybridized carbons (Fsp3) is 0.500. The summed E-state index contributed by atoms with van der Waals surface area (Å²) in [7, 11) is 2.14. The van der Waals surface area contributed by atoms with Crippen molar-refractivity contribution in [2.45, 2.75) is 75.7 Å². The highest BCUT2D eigenvalue weighted by Gasteiger charge is 2.75. The molecule has 6 nitrogen and oxygen atoms in total. The van der Waals surface area contributed by atoms with Crippen LogP contribution >= 0.6 is 0 Å². The second-order valence-corrected chi connectivity index (χ2v) is 11.8. The molecule has 38 heavy (non-hydrogen) atoms. The predicted octanol–water partition coefficient (Wildman–Crippen LogP) is 3.95. The molecule has 0 unspecified atom stereocenters. The van der Waals surface area contributed by atoms with Gasteiger partial charge in [-0.05, 0) is 69.0 Å². The van der Waals surface area contributed by atoms with Gasteiger partial charge in [-0.1, -0.05) is 50.1 Å². The predicted molar refractivity (Wildman–Crippen MR) is 145 cm³/mol. The maximum Gasteiger partial charge on any atom is 0.303 e. The number of rotatable bonds is 4. The fourth-order valence-electron chi connectivity index (χ4n) is 7.93. The van der Waals surface area contributed by atoms with Crippen LogP contribution < -0.4 is 4.74 Å². The second kappa shape index (κ2) is 9.17. The van der Waals surface area contributed by atoms with Crippen LogP contribution in [-0.4, -0.2) is 65.6 Å². The zero-order valence-electron chi connectivity index (χ0n) is 22.7. The highest BCUT2D eigenvalue weighted by molar-refractivity contribution is 5.94. The molecule has 0 radical (unpaired) electrons. The van der Waals surface area contributed by atoms with Gasteiger partial charge in [0.15, 0.2) is 0 Å². The van der Waals surface area contributed by atoms with E-state index in [9.17, 15) is 9.59 Å². The summed E-state index contributed by atoms with van der Waals surface area (Å²) in [6, 6.07) is 15.8. The van der Waals surface area contributed by atoms with Gasteiger partial charge >= 0.3 is 5.97 Å². The van der Waals surface area contributed by atoms with Crippen LogP contribution in [0.2, 0.25) is 0 Å². The first-order chi connectivity index (χ1) is 18.3. The Kier molecular flexibility index (Phi) is 6.03. The van der Waals surface area contributed by atoms with E-state index >= 15 is 0 Å². The standard InChI is InChI=1S/C32H36N2O4/c1-21(2)20-34(28(36)14-13-23-9-6-5-7-10-23)25-15-16-32(38-22(3)35)27-19-24-11-8-12-26-29(24)31(32,30(25)37-26)17-18-33(27)4/h5-12,21,25,27,30H,15-20H2,1-4H3/t25-,27+,30-,31-,32+/m0/s1. The summed E-state index contributed by atoms with van der Waals surface area (Å²) in [5.74, 6) is 6.72. The molecule has 6 heteroatoms. The normalized spacial score (nSPS) is 30.5. The van der Waals surface area contributed by atoms with Gasteiger partial charge in [-0.15, -0.1) is 0 Å². The zero-order valence-corrected chi connectivity index (χ0v) is 22.7. The summed E-state index contributed by atoms with van der Waals surface area (Å²) < 4.78 is 13.3. The maximum atomic E-state index is 13.8. The van der Waals surface area contributed by atoms with Crippen LogP contribution in [0.25, 0.3) is 0 Å². The molecule has 2 aliphatic carbocycles. The molecule has 2 aromatic rings. The molecule has 1 saturated heterocycles. The SMILES string of the molecule is CC(=O)O[C@@]12CC[C@H](N(CC(C)C)C(=O)C#Cc3ccccc3)[C@@H]3Oc4cccc5c4[C@@]31CCN(C)[C@@H]2C5. The minimum atomic E-state index is -0.686. The van der Waals surface area contributed by atoms with E-state index in [-0.39, 0.29) is 36.0 Å². The van der Waals surface area contributed by atoms with E-state index in [2.05, 4.69) is 49.8 Å². The largest absolute Gasteiger partial charge is 0.487 e. The van der Waals surface area contributed by atoms with Crippen molar-refractivity contribution in [2.24, 2.45) is 5.92 Å². The number of amides is 1. The number of esters is 1. The lowest BCUT2D eigenvalue weighted by Gasteiger charge is -2.65. The van der Waals surface area contributed by atoms with E-state index in [1.54, 1.807) is 0 Å². The second-order valence-electron chi connectivity index (χ2n) is 11.8. The van der Waals surface area contributed by atoms with E-state index in [4.69, 9.17) is 9.47 Å². The molecule has 4 aliphatic rings. The van der Waals surface area contributed by atoms with Crippen molar-refractivity contribution in [2.75, 3.05) is 20.1 Å². The molecule has 5 atom stereocenters. The number of carbonyl (C=O) groups excluding carboxylic acids is 2. The third-order valence-electron chi connectivity index (χ3n) is 9.19. The van der Waals surface area contributed by atoms with Crippen molar-refractivity contribution in [3.05, 3.63) is 65.2 Å².